The summed E-state index contributed by atoms with van der Waals surface area (Å²) in [6, 6.07) is 11.7. The Morgan fingerprint density at radius 1 is 1.10 bits per heavy atom. The molecule has 4 heterocycles. The summed E-state index contributed by atoms with van der Waals surface area (Å²) in [6.07, 6.45) is 4.77. The number of ether oxygens (including phenoxy) is 1. The molecule has 0 spiro atoms. The molecule has 0 bridgehead atoms. The van der Waals surface area contributed by atoms with Gasteiger partial charge >= 0.3 is 0 Å². The molecule has 1 aliphatic heterocycles. The van der Waals surface area contributed by atoms with Gasteiger partial charge in [0.1, 0.15) is 41.1 Å². The van der Waals surface area contributed by atoms with Crippen molar-refractivity contribution < 1.29 is 19.1 Å². The molecule has 1 aliphatic carbocycles. The zero-order valence-electron chi connectivity index (χ0n) is 21.0. The number of hydrogen-bond donors (Lipinski definition) is 1. The molecule has 1 N–H and O–H groups in total. The SMILES string of the molecule is CC(=O)c1nn(CC(=O)N2[C@@H]3C[C@@H]3C[C@H]2C(=O)Nc2cccc(Br)n2)c2ccc(OCc3ncccn3)cc12. The van der Waals surface area contributed by atoms with Gasteiger partial charge in [0.2, 0.25) is 11.8 Å². The highest BCUT2D eigenvalue weighted by atomic mass is 79.9. The third-order valence-electron chi connectivity index (χ3n) is 6.99. The Balaban J connectivity index is 1.21. The van der Waals surface area contributed by atoms with Gasteiger partial charge in [-0.3, -0.25) is 19.1 Å². The molecule has 0 radical (unpaired) electrons. The highest BCUT2D eigenvalue weighted by Gasteiger charge is 2.56. The van der Waals surface area contributed by atoms with Crippen LogP contribution < -0.4 is 10.1 Å². The van der Waals surface area contributed by atoms with Gasteiger partial charge in [0.15, 0.2) is 11.6 Å². The second-order valence-corrected chi connectivity index (χ2v) is 10.5. The first-order valence-electron chi connectivity index (χ1n) is 12.5. The van der Waals surface area contributed by atoms with Gasteiger partial charge in [-0.2, -0.15) is 5.10 Å². The van der Waals surface area contributed by atoms with Crippen LogP contribution in [0.3, 0.4) is 0 Å². The monoisotopic (exact) mass is 589 g/mol. The summed E-state index contributed by atoms with van der Waals surface area (Å²) in [5, 5.41) is 7.88. The summed E-state index contributed by atoms with van der Waals surface area (Å²) in [5.41, 5.74) is 0.877. The van der Waals surface area contributed by atoms with Crippen molar-refractivity contribution >= 4 is 50.2 Å². The first kappa shape index (κ1) is 25.1. The van der Waals surface area contributed by atoms with Crippen LogP contribution in [0.25, 0.3) is 10.9 Å². The van der Waals surface area contributed by atoms with Gasteiger partial charge in [0.25, 0.3) is 0 Å². The van der Waals surface area contributed by atoms with E-state index < -0.39 is 6.04 Å². The number of nitrogens with zero attached hydrogens (tertiary/aromatic N) is 6. The zero-order valence-corrected chi connectivity index (χ0v) is 22.5. The number of nitrogens with one attached hydrogen (secondary N) is 1. The topological polar surface area (TPSA) is 132 Å². The number of carbonyl (C=O) groups is 3. The van der Waals surface area contributed by atoms with Crippen molar-refractivity contribution in [1.29, 1.82) is 0 Å². The van der Waals surface area contributed by atoms with Gasteiger partial charge in [-0.15, -0.1) is 0 Å². The number of ketones is 1. The molecule has 2 fully saturated rings. The smallest absolute Gasteiger partial charge is 0.248 e. The highest BCUT2D eigenvalue weighted by molar-refractivity contribution is 9.10. The lowest BCUT2D eigenvalue weighted by Gasteiger charge is -2.26. The number of benzene rings is 1. The Morgan fingerprint density at radius 2 is 1.92 bits per heavy atom. The fourth-order valence-corrected chi connectivity index (χ4v) is 5.47. The zero-order chi connectivity index (χ0) is 27.1. The molecule has 1 saturated carbocycles. The molecule has 12 heteroatoms. The van der Waals surface area contributed by atoms with E-state index in [4.69, 9.17) is 4.74 Å². The maximum atomic E-state index is 13.6. The Kier molecular flexibility index (Phi) is 6.55. The van der Waals surface area contributed by atoms with E-state index in [-0.39, 0.29) is 42.5 Å². The molecule has 3 atom stereocenters. The molecule has 198 valence electrons. The van der Waals surface area contributed by atoms with Crippen molar-refractivity contribution in [1.82, 2.24) is 29.6 Å². The first-order chi connectivity index (χ1) is 18.9. The quantitative estimate of drug-likeness (QED) is 0.244. The number of halogens is 1. The molecule has 11 nitrogen and oxygen atoms in total. The molecular weight excluding hydrogens is 566 g/mol. The number of rotatable bonds is 8. The highest BCUT2D eigenvalue weighted by Crippen LogP contribution is 2.48. The molecule has 2 aliphatic rings. The molecule has 1 saturated heterocycles. The van der Waals surface area contributed by atoms with Crippen LogP contribution in [0.4, 0.5) is 5.82 Å². The van der Waals surface area contributed by atoms with Crippen molar-refractivity contribution in [3.8, 4) is 5.75 Å². The van der Waals surface area contributed by atoms with Gasteiger partial charge < -0.3 is 15.0 Å². The van der Waals surface area contributed by atoms with E-state index in [9.17, 15) is 14.4 Å². The average molecular weight is 590 g/mol. The van der Waals surface area contributed by atoms with Crippen molar-refractivity contribution in [2.75, 3.05) is 5.32 Å². The second kappa shape index (κ2) is 10.2. The standard InChI is InChI=1S/C27H24BrN7O4/c1-15(36)26-18-12-17(39-14-24-29-8-3-9-30-24)6-7-19(18)34(33-26)13-25(37)35-20-10-16(20)11-21(35)27(38)32-23-5-2-4-22(28)31-23/h2-9,12,16,20-21H,10-11,13-14H2,1H3,(H,31,32,38)/t16-,20-,21+/m1/s1. The van der Waals surface area contributed by atoms with Crippen LogP contribution in [0.1, 0.15) is 36.1 Å². The van der Waals surface area contributed by atoms with E-state index in [1.807, 2.05) is 0 Å². The Morgan fingerprint density at radius 3 is 2.69 bits per heavy atom. The first-order valence-corrected chi connectivity index (χ1v) is 13.3. The molecule has 2 amide bonds. The normalized spacial score (nSPS) is 19.5. The summed E-state index contributed by atoms with van der Waals surface area (Å²) >= 11 is 3.31. The lowest BCUT2D eigenvalue weighted by Crippen LogP contribution is -2.46. The van der Waals surface area contributed by atoms with E-state index in [2.05, 4.69) is 41.3 Å². The maximum Gasteiger partial charge on any atom is 0.248 e. The number of anilines is 1. The van der Waals surface area contributed by atoms with Gasteiger partial charge in [0, 0.05) is 30.7 Å². The van der Waals surface area contributed by atoms with Crippen LogP contribution in [0, 0.1) is 5.92 Å². The Labute approximate surface area is 231 Å². The molecule has 39 heavy (non-hydrogen) atoms. The summed E-state index contributed by atoms with van der Waals surface area (Å²) in [4.78, 5) is 53.3. The summed E-state index contributed by atoms with van der Waals surface area (Å²) in [7, 11) is 0. The number of fused-ring (bicyclic) bond motifs is 2. The minimum Gasteiger partial charge on any atom is -0.486 e. The van der Waals surface area contributed by atoms with Crippen molar-refractivity contribution in [3.05, 3.63) is 71.0 Å². The Hall–Kier alpha value is -4.19. The maximum absolute atomic E-state index is 13.6. The lowest BCUT2D eigenvalue weighted by molar-refractivity contribution is -0.138. The largest absolute Gasteiger partial charge is 0.486 e. The third-order valence-corrected chi connectivity index (χ3v) is 7.43. The van der Waals surface area contributed by atoms with Crippen molar-refractivity contribution in [2.24, 2.45) is 5.92 Å². The summed E-state index contributed by atoms with van der Waals surface area (Å²) < 4.78 is 7.96. The fraction of sp³-hybridized carbons (Fsp3) is 0.296. The molecule has 1 aromatic carbocycles. The number of amides is 2. The third kappa shape index (κ3) is 5.11. The Bertz CT molecular complexity index is 1590. The van der Waals surface area contributed by atoms with Crippen LogP contribution in [0.5, 0.6) is 5.75 Å². The van der Waals surface area contributed by atoms with E-state index >= 15 is 0 Å². The number of piperidine rings is 1. The minimum atomic E-state index is -0.587. The number of aromatic nitrogens is 5. The summed E-state index contributed by atoms with van der Waals surface area (Å²) in [6.45, 7) is 1.51. The average Bonchev–Trinajstić information content (AvgIpc) is 3.43. The van der Waals surface area contributed by atoms with Gasteiger partial charge in [-0.25, -0.2) is 15.0 Å². The number of pyridine rings is 1. The van der Waals surface area contributed by atoms with Crippen molar-refractivity contribution in [3.63, 3.8) is 0 Å². The molecule has 3 aromatic heterocycles. The molecule has 4 aromatic rings. The van der Waals surface area contributed by atoms with Crippen LogP contribution in [0.15, 0.2) is 59.5 Å². The second-order valence-electron chi connectivity index (χ2n) is 9.65. The van der Waals surface area contributed by atoms with Crippen LogP contribution in [-0.4, -0.2) is 59.3 Å². The lowest BCUT2D eigenvalue weighted by atomic mass is 10.1. The summed E-state index contributed by atoms with van der Waals surface area (Å²) in [5.74, 6) is 1.09. The van der Waals surface area contributed by atoms with Gasteiger partial charge in [-0.1, -0.05) is 6.07 Å². The van der Waals surface area contributed by atoms with Gasteiger partial charge in [-0.05, 0) is 71.1 Å². The van der Waals surface area contributed by atoms with Gasteiger partial charge in [0.05, 0.1) is 5.52 Å². The number of hydrogen-bond acceptors (Lipinski definition) is 8. The van der Waals surface area contributed by atoms with E-state index in [0.29, 0.717) is 45.2 Å². The molecule has 6 rings (SSSR count). The predicted octanol–water partition coefficient (Wildman–Crippen LogP) is 3.39. The minimum absolute atomic E-state index is 0.0398. The number of carbonyl (C=O) groups excluding carboxylic acids is 3. The molecular formula is C27H24BrN7O4. The molecule has 0 unspecified atom stereocenters. The van der Waals surface area contributed by atoms with Crippen LogP contribution in [-0.2, 0) is 22.7 Å². The van der Waals surface area contributed by atoms with E-state index in [1.165, 1.54) is 11.6 Å². The fourth-order valence-electron chi connectivity index (χ4n) is 5.13. The van der Waals surface area contributed by atoms with Crippen LogP contribution >= 0.6 is 15.9 Å². The number of likely N-dealkylation sites (tertiary alicyclic amines) is 1. The van der Waals surface area contributed by atoms with Crippen molar-refractivity contribution in [2.45, 2.75) is 45.0 Å². The number of Topliss-reactive ketones (excluding diaryl/α,β-unsaturated/α-hetero) is 1. The van der Waals surface area contributed by atoms with E-state index in [1.54, 1.807) is 59.8 Å². The van der Waals surface area contributed by atoms with E-state index in [0.717, 1.165) is 6.42 Å². The predicted molar refractivity (Wildman–Crippen MR) is 144 cm³/mol. The van der Waals surface area contributed by atoms with Crippen LogP contribution in [0.2, 0.25) is 0 Å².